The van der Waals surface area contributed by atoms with Crippen molar-refractivity contribution in [3.05, 3.63) is 58.7 Å². The van der Waals surface area contributed by atoms with Gasteiger partial charge in [0.05, 0.1) is 12.0 Å². The van der Waals surface area contributed by atoms with E-state index >= 15 is 0 Å². The highest BCUT2D eigenvalue weighted by Gasteiger charge is 2.55. The number of likely N-dealkylation sites (tertiary alicyclic amines) is 1. The Morgan fingerprint density at radius 1 is 1.06 bits per heavy atom. The van der Waals surface area contributed by atoms with Crippen LogP contribution in [0.1, 0.15) is 36.5 Å². The van der Waals surface area contributed by atoms with Gasteiger partial charge in [0.15, 0.2) is 17.4 Å². The number of aliphatic carboxylic acids is 1. The summed E-state index contributed by atoms with van der Waals surface area (Å²) < 4.78 is 38.9. The number of hydrogen-bond acceptors (Lipinski definition) is 4. The summed E-state index contributed by atoms with van der Waals surface area (Å²) in [6.45, 7) is 4.45. The highest BCUT2D eigenvalue weighted by Crippen LogP contribution is 2.51. The van der Waals surface area contributed by atoms with Crippen molar-refractivity contribution in [3.63, 3.8) is 0 Å². The summed E-state index contributed by atoms with van der Waals surface area (Å²) in [5.41, 5.74) is 2.63. The van der Waals surface area contributed by atoms with Crippen molar-refractivity contribution in [2.75, 3.05) is 26.2 Å². The molecule has 0 atom stereocenters. The molecule has 1 saturated heterocycles. The van der Waals surface area contributed by atoms with Gasteiger partial charge in [0.1, 0.15) is 12.4 Å². The lowest BCUT2D eigenvalue weighted by atomic mass is 9.76. The maximum atomic E-state index is 14.1. The molecular weight excluding hydrogens is 416 g/mol. The molecule has 170 valence electrons. The Hall–Kier alpha value is -2.67. The smallest absolute Gasteiger partial charge is 0.310 e. The normalized spacial score (nSPS) is 20.0. The van der Waals surface area contributed by atoms with Crippen LogP contribution in [0.4, 0.5) is 8.78 Å². The number of rotatable bonds is 8. The van der Waals surface area contributed by atoms with Gasteiger partial charge in [-0.1, -0.05) is 6.07 Å². The van der Waals surface area contributed by atoms with E-state index in [-0.39, 0.29) is 24.4 Å². The summed E-state index contributed by atoms with van der Waals surface area (Å²) in [6.07, 6.45) is 3.51. The first-order valence-corrected chi connectivity index (χ1v) is 11.1. The number of halogens is 2. The first-order valence-electron chi connectivity index (χ1n) is 11.1. The van der Waals surface area contributed by atoms with E-state index in [1.54, 1.807) is 6.92 Å². The fraction of sp³-hybridized carbons (Fsp3) is 0.480. The van der Waals surface area contributed by atoms with Crippen LogP contribution < -0.4 is 9.47 Å². The van der Waals surface area contributed by atoms with E-state index in [1.807, 2.05) is 12.1 Å². The number of benzene rings is 2. The zero-order valence-electron chi connectivity index (χ0n) is 18.1. The fourth-order valence-electron chi connectivity index (χ4n) is 5.30. The molecular formula is C25H27F2NO4. The van der Waals surface area contributed by atoms with Gasteiger partial charge in [-0.25, -0.2) is 8.78 Å². The first kappa shape index (κ1) is 21.2. The Morgan fingerprint density at radius 3 is 2.38 bits per heavy atom. The number of carboxylic acids is 1. The highest BCUT2D eigenvalue weighted by atomic mass is 19.1. The average Bonchev–Trinajstić information content (AvgIpc) is 3.41. The molecule has 1 spiro atoms. The number of carboxylic acid groups (broad SMARTS) is 1. The summed E-state index contributed by atoms with van der Waals surface area (Å²) in [7, 11) is 0. The zero-order chi connectivity index (χ0) is 22.5. The Kier molecular flexibility index (Phi) is 5.12. The minimum atomic E-state index is -0.730. The monoisotopic (exact) mass is 443 g/mol. The van der Waals surface area contributed by atoms with Crippen LogP contribution in [0.3, 0.4) is 0 Å². The summed E-state index contributed by atoms with van der Waals surface area (Å²) in [6, 6.07) is 8.47. The molecule has 1 aliphatic heterocycles. The second-order valence-corrected chi connectivity index (χ2v) is 9.62. The third-order valence-corrected chi connectivity index (χ3v) is 7.01. The summed E-state index contributed by atoms with van der Waals surface area (Å²) in [5.74, 6) is -1.81. The van der Waals surface area contributed by atoms with Gasteiger partial charge >= 0.3 is 5.97 Å². The van der Waals surface area contributed by atoms with Crippen molar-refractivity contribution < 1.29 is 28.2 Å². The van der Waals surface area contributed by atoms with E-state index in [9.17, 15) is 18.7 Å². The molecule has 2 aromatic rings. The van der Waals surface area contributed by atoms with Crippen molar-refractivity contribution in [1.29, 1.82) is 0 Å². The molecule has 3 aliphatic rings. The molecule has 0 bridgehead atoms. The van der Waals surface area contributed by atoms with Gasteiger partial charge < -0.3 is 19.5 Å². The molecule has 0 aromatic heterocycles. The van der Waals surface area contributed by atoms with Crippen LogP contribution in [0.15, 0.2) is 30.3 Å². The maximum absolute atomic E-state index is 14.1. The molecule has 0 amide bonds. The van der Waals surface area contributed by atoms with Crippen LogP contribution in [0.2, 0.25) is 0 Å². The molecule has 32 heavy (non-hydrogen) atoms. The lowest BCUT2D eigenvalue weighted by Crippen LogP contribution is -2.58. The topological polar surface area (TPSA) is 59.0 Å². The van der Waals surface area contributed by atoms with E-state index in [4.69, 9.17) is 9.47 Å². The third kappa shape index (κ3) is 3.83. The molecule has 2 fully saturated rings. The molecule has 5 nitrogen and oxygen atoms in total. The minimum Gasteiger partial charge on any atom is -0.489 e. The van der Waals surface area contributed by atoms with E-state index in [0.29, 0.717) is 17.9 Å². The Morgan fingerprint density at radius 2 is 1.75 bits per heavy atom. The number of ether oxygens (including phenoxy) is 2. The van der Waals surface area contributed by atoms with E-state index in [2.05, 4.69) is 11.0 Å². The number of carbonyl (C=O) groups is 1. The summed E-state index contributed by atoms with van der Waals surface area (Å²) in [5, 5.41) is 9.41. The standard InChI is InChI=1S/C25H27F2NO4/c1-2-31-22-20(26)7-16(8-21(22)27)12-32-19-4-3-17-10-24(11-18(17)9-19)13-28(14-24)15-25(5-6-25)23(29)30/h3-4,7-9H,2,5-6,10-15H2,1H3,(H,29,30). The zero-order valence-corrected chi connectivity index (χ0v) is 18.1. The van der Waals surface area contributed by atoms with Crippen LogP contribution >= 0.6 is 0 Å². The molecule has 0 unspecified atom stereocenters. The van der Waals surface area contributed by atoms with Crippen molar-refractivity contribution in [1.82, 2.24) is 4.90 Å². The van der Waals surface area contributed by atoms with Crippen molar-refractivity contribution in [2.24, 2.45) is 10.8 Å². The summed E-state index contributed by atoms with van der Waals surface area (Å²) in [4.78, 5) is 13.7. The van der Waals surface area contributed by atoms with Gasteiger partial charge in [-0.3, -0.25) is 4.79 Å². The van der Waals surface area contributed by atoms with Crippen molar-refractivity contribution in [2.45, 2.75) is 39.2 Å². The second-order valence-electron chi connectivity index (χ2n) is 9.62. The largest absolute Gasteiger partial charge is 0.489 e. The van der Waals surface area contributed by atoms with Crippen LogP contribution in [-0.4, -0.2) is 42.2 Å². The average molecular weight is 443 g/mol. The fourth-order valence-corrected chi connectivity index (χ4v) is 5.30. The number of nitrogens with zero attached hydrogens (tertiary/aromatic N) is 1. The maximum Gasteiger partial charge on any atom is 0.310 e. The van der Waals surface area contributed by atoms with Gasteiger partial charge in [0, 0.05) is 25.0 Å². The van der Waals surface area contributed by atoms with Crippen LogP contribution in [-0.2, 0) is 24.2 Å². The highest BCUT2D eigenvalue weighted by molar-refractivity contribution is 5.78. The van der Waals surface area contributed by atoms with E-state index in [0.717, 1.165) is 38.8 Å². The number of fused-ring (bicyclic) bond motifs is 1. The van der Waals surface area contributed by atoms with Crippen molar-refractivity contribution >= 4 is 5.97 Å². The predicted octanol–water partition coefficient (Wildman–Crippen LogP) is 4.21. The van der Waals surface area contributed by atoms with Gasteiger partial charge in [-0.05, 0) is 73.6 Å². The van der Waals surface area contributed by atoms with Gasteiger partial charge in [-0.15, -0.1) is 0 Å². The molecule has 2 aromatic carbocycles. The molecule has 5 rings (SSSR count). The van der Waals surface area contributed by atoms with Crippen LogP contribution in [0.25, 0.3) is 0 Å². The Bertz CT molecular complexity index is 1040. The van der Waals surface area contributed by atoms with Gasteiger partial charge in [0.25, 0.3) is 0 Å². The molecule has 7 heteroatoms. The van der Waals surface area contributed by atoms with Crippen LogP contribution in [0, 0.1) is 22.5 Å². The quantitative estimate of drug-likeness (QED) is 0.663. The molecule has 1 saturated carbocycles. The number of hydrogen-bond donors (Lipinski definition) is 1. The van der Waals surface area contributed by atoms with Gasteiger partial charge in [0.2, 0.25) is 0 Å². The lowest BCUT2D eigenvalue weighted by Gasteiger charge is -2.49. The van der Waals surface area contributed by atoms with E-state index < -0.39 is 23.0 Å². The third-order valence-electron chi connectivity index (χ3n) is 7.01. The Balaban J connectivity index is 1.19. The molecule has 1 N–H and O–H groups in total. The predicted molar refractivity (Wildman–Crippen MR) is 114 cm³/mol. The summed E-state index contributed by atoms with van der Waals surface area (Å²) >= 11 is 0. The Labute approximate surface area is 185 Å². The SMILES string of the molecule is CCOc1c(F)cc(COc2ccc3c(c2)CC2(C3)CN(CC3(C(=O)O)CC3)C2)cc1F. The first-order chi connectivity index (χ1) is 15.3. The van der Waals surface area contributed by atoms with Gasteiger partial charge in [-0.2, -0.15) is 0 Å². The molecule has 0 radical (unpaired) electrons. The lowest BCUT2D eigenvalue weighted by molar-refractivity contribution is -0.145. The second kappa shape index (κ2) is 7.73. The molecule has 2 aliphatic carbocycles. The molecule has 1 heterocycles. The minimum absolute atomic E-state index is 0.0647. The van der Waals surface area contributed by atoms with Crippen molar-refractivity contribution in [3.8, 4) is 11.5 Å². The van der Waals surface area contributed by atoms with E-state index in [1.165, 1.54) is 23.3 Å². The van der Waals surface area contributed by atoms with Crippen LogP contribution in [0.5, 0.6) is 11.5 Å².